The van der Waals surface area contributed by atoms with Crippen molar-refractivity contribution in [1.82, 2.24) is 0 Å². The van der Waals surface area contributed by atoms with Crippen LogP contribution in [0.4, 0.5) is 13.2 Å². The van der Waals surface area contributed by atoms with Gasteiger partial charge in [0.25, 0.3) is 9.05 Å². The topological polar surface area (TPSA) is 69.7 Å². The van der Waals surface area contributed by atoms with Gasteiger partial charge in [0.15, 0.2) is 6.61 Å². The van der Waals surface area contributed by atoms with E-state index >= 15 is 0 Å². The van der Waals surface area contributed by atoms with Gasteiger partial charge in [-0.3, -0.25) is 0 Å². The highest BCUT2D eigenvalue weighted by Crippen LogP contribution is 2.38. The molecule has 0 radical (unpaired) electrons. The first-order valence-electron chi connectivity index (χ1n) is 4.91. The van der Waals surface area contributed by atoms with Gasteiger partial charge in [0.2, 0.25) is 0 Å². The van der Waals surface area contributed by atoms with E-state index < -0.39 is 44.0 Å². The van der Waals surface area contributed by atoms with Crippen molar-refractivity contribution in [2.24, 2.45) is 0 Å². The molecule has 1 aromatic rings. The first-order valence-corrected chi connectivity index (χ1v) is 7.22. The van der Waals surface area contributed by atoms with Crippen LogP contribution < -0.4 is 4.74 Å². The highest BCUT2D eigenvalue weighted by atomic mass is 35.7. The number of alkyl halides is 3. The Morgan fingerprint density at radius 2 is 1.95 bits per heavy atom. The Morgan fingerprint density at radius 1 is 1.35 bits per heavy atom. The number of benzene rings is 1. The van der Waals surface area contributed by atoms with Gasteiger partial charge in [0.1, 0.15) is 5.75 Å². The molecule has 0 aliphatic carbocycles. The second-order valence-electron chi connectivity index (χ2n) is 3.46. The molecule has 20 heavy (non-hydrogen) atoms. The first kappa shape index (κ1) is 16.6. The average molecular weight is 333 g/mol. The van der Waals surface area contributed by atoms with Crippen LogP contribution in [-0.2, 0) is 24.8 Å². The molecule has 1 rings (SSSR count). The summed E-state index contributed by atoms with van der Waals surface area (Å²) in [7, 11) is 1.70. The van der Waals surface area contributed by atoms with Crippen molar-refractivity contribution in [1.29, 1.82) is 0 Å². The maximum absolute atomic E-state index is 12.8. The fourth-order valence-corrected chi connectivity index (χ4v) is 1.98. The molecule has 1 aromatic carbocycles. The molecule has 0 fully saturated rings. The van der Waals surface area contributed by atoms with Gasteiger partial charge in [-0.1, -0.05) is 0 Å². The molecule has 10 heteroatoms. The lowest BCUT2D eigenvalue weighted by Gasteiger charge is -2.14. The van der Waals surface area contributed by atoms with Crippen molar-refractivity contribution in [3.63, 3.8) is 0 Å². The van der Waals surface area contributed by atoms with E-state index in [2.05, 4.69) is 9.47 Å². The Balaban J connectivity index is 3.22. The summed E-state index contributed by atoms with van der Waals surface area (Å²) in [6.45, 7) is -0.744. The van der Waals surface area contributed by atoms with E-state index in [4.69, 9.17) is 10.7 Å². The summed E-state index contributed by atoms with van der Waals surface area (Å²) in [5.74, 6) is -1.58. The highest BCUT2D eigenvalue weighted by molar-refractivity contribution is 8.13. The summed E-state index contributed by atoms with van der Waals surface area (Å²) < 4.78 is 69.3. The van der Waals surface area contributed by atoms with Crippen molar-refractivity contribution < 1.29 is 35.9 Å². The number of carbonyl (C=O) groups excluding carboxylic acids is 1. The monoisotopic (exact) mass is 332 g/mol. The summed E-state index contributed by atoms with van der Waals surface area (Å²) in [4.78, 5) is 10.1. The van der Waals surface area contributed by atoms with E-state index in [1.54, 1.807) is 0 Å². The van der Waals surface area contributed by atoms with E-state index in [1.807, 2.05) is 0 Å². The summed E-state index contributed by atoms with van der Waals surface area (Å²) in [6.07, 6.45) is -4.87. The average Bonchev–Trinajstić information content (AvgIpc) is 2.33. The van der Waals surface area contributed by atoms with Gasteiger partial charge in [0.05, 0.1) is 17.6 Å². The molecule has 0 unspecified atom stereocenters. The Bertz CT molecular complexity index is 612. The van der Waals surface area contributed by atoms with Crippen molar-refractivity contribution in [2.45, 2.75) is 11.1 Å². The number of hydrogen-bond donors (Lipinski definition) is 0. The van der Waals surface area contributed by atoms with Crippen LogP contribution in [0.1, 0.15) is 5.56 Å². The minimum absolute atomic E-state index is 0.328. The van der Waals surface area contributed by atoms with E-state index in [0.29, 0.717) is 6.07 Å². The molecule has 0 bridgehead atoms. The predicted octanol–water partition coefficient (Wildman–Crippen LogP) is 2.18. The SMILES string of the molecule is COC(=O)COc1ccc(S(=O)(=O)Cl)cc1C(F)(F)F. The van der Waals surface area contributed by atoms with Gasteiger partial charge in [-0.15, -0.1) is 0 Å². The molecule has 0 amide bonds. The standard InChI is InChI=1S/C10H8ClF3O5S/c1-18-9(15)5-19-8-3-2-6(20(11,16)17)4-7(8)10(12,13)14/h2-4H,5H2,1H3. The highest BCUT2D eigenvalue weighted by Gasteiger charge is 2.35. The molecule has 0 saturated carbocycles. The van der Waals surface area contributed by atoms with Gasteiger partial charge in [-0.2, -0.15) is 13.2 Å². The van der Waals surface area contributed by atoms with Crippen molar-refractivity contribution in [3.8, 4) is 5.75 Å². The third-order valence-electron chi connectivity index (χ3n) is 2.11. The zero-order chi connectivity index (χ0) is 15.6. The molecule has 0 N–H and O–H groups in total. The Morgan fingerprint density at radius 3 is 2.40 bits per heavy atom. The molecule has 112 valence electrons. The molecule has 0 aliphatic rings. The number of ether oxygens (including phenoxy) is 2. The van der Waals surface area contributed by atoms with Gasteiger partial charge < -0.3 is 9.47 Å². The van der Waals surface area contributed by atoms with Crippen LogP contribution in [0.2, 0.25) is 0 Å². The number of halogens is 4. The molecule has 5 nitrogen and oxygen atoms in total. The third-order valence-corrected chi connectivity index (χ3v) is 3.46. The van der Waals surface area contributed by atoms with Gasteiger partial charge in [-0.25, -0.2) is 13.2 Å². The molecule has 0 atom stereocenters. The summed E-state index contributed by atoms with van der Waals surface area (Å²) in [5.41, 5.74) is -1.36. The van der Waals surface area contributed by atoms with Gasteiger partial charge >= 0.3 is 12.1 Å². The van der Waals surface area contributed by atoms with Crippen molar-refractivity contribution >= 4 is 25.7 Å². The van der Waals surface area contributed by atoms with Gasteiger partial charge in [0, 0.05) is 10.7 Å². The number of carbonyl (C=O) groups is 1. The van der Waals surface area contributed by atoms with Crippen LogP contribution in [0.5, 0.6) is 5.75 Å². The number of methoxy groups -OCH3 is 1. The van der Waals surface area contributed by atoms with Crippen LogP contribution in [0.15, 0.2) is 23.1 Å². The van der Waals surface area contributed by atoms with E-state index in [9.17, 15) is 26.4 Å². The molecular weight excluding hydrogens is 325 g/mol. The Labute approximate surface area is 116 Å². The lowest BCUT2D eigenvalue weighted by Crippen LogP contribution is -2.16. The smallest absolute Gasteiger partial charge is 0.420 e. The largest absolute Gasteiger partial charge is 0.481 e. The zero-order valence-corrected chi connectivity index (χ0v) is 11.5. The number of hydrogen-bond acceptors (Lipinski definition) is 5. The lowest BCUT2D eigenvalue weighted by atomic mass is 10.2. The maximum Gasteiger partial charge on any atom is 0.420 e. The number of esters is 1. The molecule has 0 aromatic heterocycles. The first-order chi connectivity index (χ1) is 9.05. The molecule has 0 heterocycles. The van der Waals surface area contributed by atoms with E-state index in [0.717, 1.165) is 19.2 Å². The maximum atomic E-state index is 12.8. The molecule has 0 spiro atoms. The summed E-state index contributed by atoms with van der Waals surface area (Å²) in [6, 6.07) is 1.93. The van der Waals surface area contributed by atoms with Crippen molar-refractivity contribution in [3.05, 3.63) is 23.8 Å². The minimum atomic E-state index is -4.87. The van der Waals surface area contributed by atoms with E-state index in [-0.39, 0.29) is 0 Å². The Kier molecular flexibility index (Phi) is 4.87. The summed E-state index contributed by atoms with van der Waals surface area (Å²) in [5, 5.41) is 0. The van der Waals surface area contributed by atoms with Crippen LogP contribution in [0.25, 0.3) is 0 Å². The van der Waals surface area contributed by atoms with Crippen LogP contribution in [0, 0.1) is 0 Å². The lowest BCUT2D eigenvalue weighted by molar-refractivity contribution is -0.145. The number of rotatable bonds is 4. The van der Waals surface area contributed by atoms with Gasteiger partial charge in [-0.05, 0) is 18.2 Å². The second-order valence-corrected chi connectivity index (χ2v) is 6.02. The quantitative estimate of drug-likeness (QED) is 0.624. The van der Waals surface area contributed by atoms with E-state index in [1.165, 1.54) is 0 Å². The fourth-order valence-electron chi connectivity index (χ4n) is 1.20. The molecule has 0 saturated heterocycles. The van der Waals surface area contributed by atoms with Crippen LogP contribution in [-0.4, -0.2) is 28.1 Å². The fraction of sp³-hybridized carbons (Fsp3) is 0.300. The Hall–Kier alpha value is -1.48. The minimum Gasteiger partial charge on any atom is -0.481 e. The second kappa shape index (κ2) is 5.88. The predicted molar refractivity (Wildman–Crippen MR) is 62.0 cm³/mol. The van der Waals surface area contributed by atoms with Crippen LogP contribution >= 0.6 is 10.7 Å². The van der Waals surface area contributed by atoms with Crippen LogP contribution in [0.3, 0.4) is 0 Å². The summed E-state index contributed by atoms with van der Waals surface area (Å²) >= 11 is 0. The van der Waals surface area contributed by atoms with Crippen molar-refractivity contribution in [2.75, 3.05) is 13.7 Å². The zero-order valence-electron chi connectivity index (χ0n) is 9.90. The molecule has 0 aliphatic heterocycles. The third kappa shape index (κ3) is 4.27. The normalized spacial score (nSPS) is 12.1. The molecular formula is C10H8ClF3O5S.